The number of para-hydroxylation sites is 1. The smallest absolute Gasteiger partial charge is 0.195 e. The number of aromatic nitrogens is 1. The molecule has 2 aromatic carbocycles. The Morgan fingerprint density at radius 2 is 1.73 bits per heavy atom. The minimum atomic E-state index is 0.0400. The van der Waals surface area contributed by atoms with Crippen LogP contribution in [0.3, 0.4) is 0 Å². The Hall–Kier alpha value is -2.55. The fourth-order valence-electron chi connectivity index (χ4n) is 2.71. The molecule has 0 unspecified atom stereocenters. The third kappa shape index (κ3) is 2.39. The van der Waals surface area contributed by atoms with Crippen LogP contribution in [0, 0.1) is 0 Å². The van der Waals surface area contributed by atoms with Gasteiger partial charge in [0.1, 0.15) is 5.75 Å². The Balaban J connectivity index is 2.10. The Morgan fingerprint density at radius 3 is 2.36 bits per heavy atom. The summed E-state index contributed by atoms with van der Waals surface area (Å²) in [7, 11) is 1.62. The van der Waals surface area contributed by atoms with Crippen molar-refractivity contribution in [3.63, 3.8) is 0 Å². The molecule has 112 valence electrons. The Morgan fingerprint density at radius 1 is 1.05 bits per heavy atom. The van der Waals surface area contributed by atoms with Crippen molar-refractivity contribution in [3.8, 4) is 5.75 Å². The molecule has 0 fully saturated rings. The molecule has 1 aromatic heterocycles. The molecule has 0 bridgehead atoms. The van der Waals surface area contributed by atoms with Crippen molar-refractivity contribution in [1.29, 1.82) is 0 Å². The van der Waals surface area contributed by atoms with Gasteiger partial charge in [-0.2, -0.15) is 0 Å². The lowest BCUT2D eigenvalue weighted by Gasteiger charge is -2.08. The molecular formula is C19H19NO2. The van der Waals surface area contributed by atoms with Crippen molar-refractivity contribution in [2.45, 2.75) is 19.9 Å². The second-order valence-corrected chi connectivity index (χ2v) is 5.62. The van der Waals surface area contributed by atoms with Crippen molar-refractivity contribution < 1.29 is 9.53 Å². The van der Waals surface area contributed by atoms with E-state index in [0.29, 0.717) is 11.6 Å². The maximum Gasteiger partial charge on any atom is 0.195 e. The van der Waals surface area contributed by atoms with Gasteiger partial charge in [0, 0.05) is 34.3 Å². The Bertz CT molecular complexity index is 813. The van der Waals surface area contributed by atoms with Gasteiger partial charge in [-0.3, -0.25) is 4.79 Å². The molecule has 0 saturated heterocycles. The molecule has 22 heavy (non-hydrogen) atoms. The number of hydrogen-bond acceptors (Lipinski definition) is 2. The van der Waals surface area contributed by atoms with Gasteiger partial charge in [-0.25, -0.2) is 0 Å². The summed E-state index contributed by atoms with van der Waals surface area (Å²) in [4.78, 5) is 12.8. The summed E-state index contributed by atoms with van der Waals surface area (Å²) < 4.78 is 7.29. The second-order valence-electron chi connectivity index (χ2n) is 5.62. The quantitative estimate of drug-likeness (QED) is 0.665. The van der Waals surface area contributed by atoms with E-state index in [0.717, 1.165) is 22.2 Å². The molecule has 0 radical (unpaired) electrons. The molecule has 3 aromatic rings. The average molecular weight is 293 g/mol. The van der Waals surface area contributed by atoms with E-state index >= 15 is 0 Å². The highest BCUT2D eigenvalue weighted by Crippen LogP contribution is 2.27. The molecule has 3 rings (SSSR count). The topological polar surface area (TPSA) is 31.2 Å². The van der Waals surface area contributed by atoms with E-state index in [-0.39, 0.29) is 5.78 Å². The van der Waals surface area contributed by atoms with Crippen LogP contribution in [0.4, 0.5) is 0 Å². The maximum absolute atomic E-state index is 12.8. The summed E-state index contributed by atoms with van der Waals surface area (Å²) in [5.74, 6) is 0.791. The number of methoxy groups -OCH3 is 1. The maximum atomic E-state index is 12.8. The molecule has 0 spiro atoms. The van der Waals surface area contributed by atoms with Crippen LogP contribution in [-0.4, -0.2) is 17.5 Å². The van der Waals surface area contributed by atoms with Crippen LogP contribution in [0.25, 0.3) is 10.9 Å². The summed E-state index contributed by atoms with van der Waals surface area (Å²) in [6.45, 7) is 4.24. The number of benzene rings is 2. The van der Waals surface area contributed by atoms with Gasteiger partial charge in [0.2, 0.25) is 0 Å². The lowest BCUT2D eigenvalue weighted by atomic mass is 10.0. The second kappa shape index (κ2) is 5.68. The Labute approximate surface area is 130 Å². The van der Waals surface area contributed by atoms with E-state index in [9.17, 15) is 4.79 Å². The highest BCUT2D eigenvalue weighted by molar-refractivity contribution is 6.16. The van der Waals surface area contributed by atoms with Gasteiger partial charge >= 0.3 is 0 Å². The summed E-state index contributed by atoms with van der Waals surface area (Å²) in [5.41, 5.74) is 2.51. The predicted octanol–water partition coefficient (Wildman–Crippen LogP) is 4.46. The fourth-order valence-corrected chi connectivity index (χ4v) is 2.71. The lowest BCUT2D eigenvalue weighted by molar-refractivity contribution is 0.104. The molecule has 0 aliphatic carbocycles. The summed E-state index contributed by atoms with van der Waals surface area (Å²) in [5, 5.41) is 0.997. The predicted molar refractivity (Wildman–Crippen MR) is 88.7 cm³/mol. The number of rotatable bonds is 4. The van der Waals surface area contributed by atoms with Gasteiger partial charge in [0.25, 0.3) is 0 Å². The first-order valence-electron chi connectivity index (χ1n) is 7.40. The number of nitrogens with zero attached hydrogens (tertiary/aromatic N) is 1. The first kappa shape index (κ1) is 14.4. The van der Waals surface area contributed by atoms with Gasteiger partial charge in [-0.05, 0) is 44.2 Å². The van der Waals surface area contributed by atoms with Crippen molar-refractivity contribution in [1.82, 2.24) is 4.57 Å². The molecule has 0 amide bonds. The number of carbonyl (C=O) groups is 1. The van der Waals surface area contributed by atoms with Crippen LogP contribution in [0.1, 0.15) is 35.8 Å². The van der Waals surface area contributed by atoms with E-state index < -0.39 is 0 Å². The van der Waals surface area contributed by atoms with Gasteiger partial charge in [0.15, 0.2) is 5.78 Å². The zero-order chi connectivity index (χ0) is 15.7. The minimum Gasteiger partial charge on any atom is -0.497 e. The fraction of sp³-hybridized carbons (Fsp3) is 0.211. The highest BCUT2D eigenvalue weighted by Gasteiger charge is 2.17. The van der Waals surface area contributed by atoms with E-state index in [1.54, 1.807) is 7.11 Å². The van der Waals surface area contributed by atoms with Crippen LogP contribution < -0.4 is 4.74 Å². The summed E-state index contributed by atoms with van der Waals surface area (Å²) in [6.07, 6.45) is 1.96. The van der Waals surface area contributed by atoms with Crippen LogP contribution in [0.2, 0.25) is 0 Å². The first-order chi connectivity index (χ1) is 10.6. The zero-order valence-electron chi connectivity index (χ0n) is 13.0. The molecule has 0 aliphatic rings. The monoisotopic (exact) mass is 293 g/mol. The van der Waals surface area contributed by atoms with E-state index in [4.69, 9.17) is 4.74 Å². The molecule has 3 heteroatoms. The SMILES string of the molecule is COc1ccc(C(=O)c2cn(C(C)C)c3ccccc23)cc1. The molecule has 0 saturated carbocycles. The van der Waals surface area contributed by atoms with Crippen LogP contribution in [0.5, 0.6) is 5.75 Å². The normalized spacial score (nSPS) is 11.1. The van der Waals surface area contributed by atoms with Gasteiger partial charge in [-0.1, -0.05) is 18.2 Å². The van der Waals surface area contributed by atoms with Crippen molar-refractivity contribution in [3.05, 3.63) is 65.9 Å². The van der Waals surface area contributed by atoms with Crippen LogP contribution in [-0.2, 0) is 0 Å². The number of carbonyl (C=O) groups excluding carboxylic acids is 1. The molecule has 1 heterocycles. The number of ether oxygens (including phenoxy) is 1. The highest BCUT2D eigenvalue weighted by atomic mass is 16.5. The van der Waals surface area contributed by atoms with E-state index in [1.807, 2.05) is 48.7 Å². The van der Waals surface area contributed by atoms with Gasteiger partial charge in [0.05, 0.1) is 7.11 Å². The number of ketones is 1. The van der Waals surface area contributed by atoms with E-state index in [2.05, 4.69) is 24.5 Å². The minimum absolute atomic E-state index is 0.0400. The van der Waals surface area contributed by atoms with Crippen LogP contribution >= 0.6 is 0 Å². The molecular weight excluding hydrogens is 274 g/mol. The Kier molecular flexibility index (Phi) is 3.72. The molecule has 3 nitrogen and oxygen atoms in total. The number of hydrogen-bond donors (Lipinski definition) is 0. The standard InChI is InChI=1S/C19H19NO2/c1-13(2)20-12-17(16-6-4-5-7-18(16)20)19(21)14-8-10-15(22-3)11-9-14/h4-13H,1-3H3. The summed E-state index contributed by atoms with van der Waals surface area (Å²) >= 11 is 0. The van der Waals surface area contributed by atoms with Crippen molar-refractivity contribution in [2.24, 2.45) is 0 Å². The number of fused-ring (bicyclic) bond motifs is 1. The third-order valence-corrected chi connectivity index (χ3v) is 3.89. The lowest BCUT2D eigenvalue weighted by Crippen LogP contribution is -2.01. The van der Waals surface area contributed by atoms with Crippen molar-refractivity contribution in [2.75, 3.05) is 7.11 Å². The van der Waals surface area contributed by atoms with Crippen molar-refractivity contribution >= 4 is 16.7 Å². The zero-order valence-corrected chi connectivity index (χ0v) is 13.0. The molecule has 0 aliphatic heterocycles. The van der Waals surface area contributed by atoms with E-state index in [1.165, 1.54) is 0 Å². The third-order valence-electron chi connectivity index (χ3n) is 3.89. The first-order valence-corrected chi connectivity index (χ1v) is 7.40. The van der Waals surface area contributed by atoms with Crippen LogP contribution in [0.15, 0.2) is 54.7 Å². The summed E-state index contributed by atoms with van der Waals surface area (Å²) in [6, 6.07) is 15.6. The largest absolute Gasteiger partial charge is 0.497 e. The average Bonchev–Trinajstić information content (AvgIpc) is 2.94. The molecule has 0 atom stereocenters. The van der Waals surface area contributed by atoms with Gasteiger partial charge in [-0.15, -0.1) is 0 Å². The molecule has 0 N–H and O–H groups in total. The van der Waals surface area contributed by atoms with Gasteiger partial charge < -0.3 is 9.30 Å².